The molecule has 1 saturated heterocycles. The summed E-state index contributed by atoms with van der Waals surface area (Å²) in [6, 6.07) is 7.47. The van der Waals surface area contributed by atoms with Gasteiger partial charge >= 0.3 is 0 Å². The van der Waals surface area contributed by atoms with E-state index in [1.54, 1.807) is 11.9 Å². The van der Waals surface area contributed by atoms with E-state index < -0.39 is 6.10 Å². The molecule has 1 saturated carbocycles. The van der Waals surface area contributed by atoms with Crippen LogP contribution in [0.3, 0.4) is 0 Å². The van der Waals surface area contributed by atoms with E-state index in [4.69, 9.17) is 4.74 Å². The van der Waals surface area contributed by atoms with Gasteiger partial charge in [0.1, 0.15) is 6.61 Å². The van der Waals surface area contributed by atoms with Crippen LogP contribution in [-0.2, 0) is 14.3 Å². The van der Waals surface area contributed by atoms with Gasteiger partial charge in [0.25, 0.3) is 5.91 Å². The Balaban J connectivity index is 1.78. The first-order chi connectivity index (χ1) is 11.9. The van der Waals surface area contributed by atoms with Gasteiger partial charge in [0, 0.05) is 13.6 Å². The van der Waals surface area contributed by atoms with Crippen molar-refractivity contribution in [2.24, 2.45) is 5.41 Å². The van der Waals surface area contributed by atoms with Crippen LogP contribution in [0.5, 0.6) is 0 Å². The minimum Gasteiger partial charge on any atom is -0.356 e. The molecule has 0 unspecified atom stereocenters. The van der Waals surface area contributed by atoms with Crippen LogP contribution < -0.4 is 5.32 Å². The summed E-state index contributed by atoms with van der Waals surface area (Å²) in [6.45, 7) is 4.85. The second kappa shape index (κ2) is 7.16. The van der Waals surface area contributed by atoms with E-state index in [0.717, 1.165) is 24.0 Å². The van der Waals surface area contributed by atoms with Gasteiger partial charge < -0.3 is 15.0 Å². The minimum absolute atomic E-state index is 0.0474. The first kappa shape index (κ1) is 17.9. The van der Waals surface area contributed by atoms with Crippen molar-refractivity contribution in [2.75, 3.05) is 20.2 Å². The smallest absolute Gasteiger partial charge is 0.251 e. The Bertz CT molecular complexity index is 652. The molecule has 5 nitrogen and oxygen atoms in total. The van der Waals surface area contributed by atoms with Gasteiger partial charge in [0.2, 0.25) is 5.91 Å². The molecule has 2 aliphatic rings. The molecular weight excluding hydrogens is 316 g/mol. The standard InChI is InChI=1S/C20H28N2O3/c1-14-8-4-5-9-15(14)17-18(25-12-16(23)22(17)3)19(24)21-13-20(2)10-6-7-11-20/h4-5,8-9,17-18H,6-7,10-13H2,1-3H3,(H,21,24)/t17-,18+/m1/s1. The lowest BCUT2D eigenvalue weighted by Crippen LogP contribution is -2.54. The maximum atomic E-state index is 12.9. The van der Waals surface area contributed by atoms with Crippen LogP contribution >= 0.6 is 0 Å². The van der Waals surface area contributed by atoms with Gasteiger partial charge in [-0.3, -0.25) is 9.59 Å². The first-order valence-electron chi connectivity index (χ1n) is 9.12. The number of ether oxygens (including phenoxy) is 1. The molecule has 2 atom stereocenters. The van der Waals surface area contributed by atoms with Gasteiger partial charge in [-0.25, -0.2) is 0 Å². The van der Waals surface area contributed by atoms with E-state index in [1.165, 1.54) is 12.8 Å². The highest BCUT2D eigenvalue weighted by Gasteiger charge is 2.41. The van der Waals surface area contributed by atoms with E-state index in [1.807, 2.05) is 31.2 Å². The molecule has 0 aromatic heterocycles. The molecule has 0 radical (unpaired) electrons. The summed E-state index contributed by atoms with van der Waals surface area (Å²) in [7, 11) is 1.75. The first-order valence-corrected chi connectivity index (χ1v) is 9.12. The third kappa shape index (κ3) is 3.71. The number of likely N-dealkylation sites (N-methyl/N-ethyl adjacent to an activating group) is 1. The van der Waals surface area contributed by atoms with Crippen molar-refractivity contribution in [3.8, 4) is 0 Å². The van der Waals surface area contributed by atoms with Gasteiger partial charge in [0.15, 0.2) is 6.10 Å². The number of amides is 2. The lowest BCUT2D eigenvalue weighted by atomic mass is 9.88. The lowest BCUT2D eigenvalue weighted by Gasteiger charge is -2.39. The van der Waals surface area contributed by atoms with Crippen molar-refractivity contribution in [1.82, 2.24) is 10.2 Å². The summed E-state index contributed by atoms with van der Waals surface area (Å²) >= 11 is 0. The fraction of sp³-hybridized carbons (Fsp3) is 0.600. The van der Waals surface area contributed by atoms with Gasteiger partial charge in [-0.15, -0.1) is 0 Å². The van der Waals surface area contributed by atoms with Crippen LogP contribution in [0.4, 0.5) is 0 Å². The number of nitrogens with one attached hydrogen (secondary N) is 1. The summed E-state index contributed by atoms with van der Waals surface area (Å²) in [5.41, 5.74) is 2.20. The SMILES string of the molecule is Cc1ccccc1[C@@H]1[C@@H](C(=O)NCC2(C)CCCC2)OCC(=O)N1C. The fourth-order valence-electron chi connectivity index (χ4n) is 4.03. The number of aryl methyl sites for hydroxylation is 1. The molecule has 1 aromatic rings. The molecule has 1 N–H and O–H groups in total. The van der Waals surface area contributed by atoms with E-state index in [2.05, 4.69) is 12.2 Å². The zero-order valence-corrected chi connectivity index (χ0v) is 15.4. The van der Waals surface area contributed by atoms with Crippen LogP contribution in [0.2, 0.25) is 0 Å². The number of morpholine rings is 1. The lowest BCUT2D eigenvalue weighted by molar-refractivity contribution is -0.162. The molecule has 1 aliphatic heterocycles. The van der Waals surface area contributed by atoms with Crippen molar-refractivity contribution < 1.29 is 14.3 Å². The number of carbonyl (C=O) groups is 2. The van der Waals surface area contributed by atoms with Crippen LogP contribution in [0.25, 0.3) is 0 Å². The van der Waals surface area contributed by atoms with Crippen molar-refractivity contribution in [1.29, 1.82) is 0 Å². The van der Waals surface area contributed by atoms with Crippen molar-refractivity contribution in [3.63, 3.8) is 0 Å². The Labute approximate surface area is 149 Å². The van der Waals surface area contributed by atoms with Crippen LogP contribution in [-0.4, -0.2) is 43.0 Å². The maximum absolute atomic E-state index is 12.9. The monoisotopic (exact) mass is 344 g/mol. The zero-order chi connectivity index (χ0) is 18.0. The normalized spacial score (nSPS) is 25.9. The molecule has 25 heavy (non-hydrogen) atoms. The summed E-state index contributed by atoms with van der Waals surface area (Å²) in [4.78, 5) is 26.7. The summed E-state index contributed by atoms with van der Waals surface area (Å²) < 4.78 is 5.69. The Morgan fingerprint density at radius 2 is 2.00 bits per heavy atom. The predicted molar refractivity (Wildman–Crippen MR) is 96.0 cm³/mol. The van der Waals surface area contributed by atoms with E-state index in [0.29, 0.717) is 6.54 Å². The Morgan fingerprint density at radius 1 is 1.32 bits per heavy atom. The van der Waals surface area contributed by atoms with E-state index in [-0.39, 0.29) is 29.9 Å². The summed E-state index contributed by atoms with van der Waals surface area (Å²) in [6.07, 6.45) is 4.09. The molecule has 2 amide bonds. The van der Waals surface area contributed by atoms with Gasteiger partial charge in [-0.2, -0.15) is 0 Å². The fourth-order valence-corrected chi connectivity index (χ4v) is 4.03. The molecule has 2 fully saturated rings. The third-order valence-electron chi connectivity index (χ3n) is 5.75. The topological polar surface area (TPSA) is 58.6 Å². The largest absolute Gasteiger partial charge is 0.356 e. The summed E-state index contributed by atoms with van der Waals surface area (Å²) in [5, 5.41) is 3.09. The third-order valence-corrected chi connectivity index (χ3v) is 5.75. The minimum atomic E-state index is -0.672. The van der Waals surface area contributed by atoms with E-state index >= 15 is 0 Å². The van der Waals surface area contributed by atoms with Crippen LogP contribution in [0.15, 0.2) is 24.3 Å². The summed E-state index contributed by atoms with van der Waals surface area (Å²) in [5.74, 6) is -0.221. The molecule has 1 heterocycles. The van der Waals surface area contributed by atoms with Crippen molar-refractivity contribution in [2.45, 2.75) is 51.7 Å². The van der Waals surface area contributed by atoms with Gasteiger partial charge in [-0.1, -0.05) is 44.0 Å². The van der Waals surface area contributed by atoms with Crippen molar-refractivity contribution in [3.05, 3.63) is 35.4 Å². The molecule has 5 heteroatoms. The Kier molecular flexibility index (Phi) is 5.13. The maximum Gasteiger partial charge on any atom is 0.251 e. The highest BCUT2D eigenvalue weighted by atomic mass is 16.5. The Morgan fingerprint density at radius 3 is 2.68 bits per heavy atom. The molecule has 1 aliphatic carbocycles. The second-order valence-corrected chi connectivity index (χ2v) is 7.77. The van der Waals surface area contributed by atoms with Crippen LogP contribution in [0.1, 0.15) is 49.8 Å². The quantitative estimate of drug-likeness (QED) is 0.913. The van der Waals surface area contributed by atoms with Gasteiger partial charge in [0.05, 0.1) is 6.04 Å². The molecule has 136 valence electrons. The number of carbonyl (C=O) groups excluding carboxylic acids is 2. The predicted octanol–water partition coefficient (Wildman–Crippen LogP) is 2.59. The number of nitrogens with zero attached hydrogens (tertiary/aromatic N) is 1. The highest BCUT2D eigenvalue weighted by Crippen LogP contribution is 2.37. The van der Waals surface area contributed by atoms with Gasteiger partial charge in [-0.05, 0) is 36.3 Å². The highest BCUT2D eigenvalue weighted by molar-refractivity contribution is 5.86. The number of benzene rings is 1. The molecule has 0 spiro atoms. The van der Waals surface area contributed by atoms with Crippen molar-refractivity contribution >= 4 is 11.8 Å². The molecule has 1 aromatic carbocycles. The van der Waals surface area contributed by atoms with Crippen LogP contribution in [0, 0.1) is 12.3 Å². The molecular formula is C20H28N2O3. The Hall–Kier alpha value is -1.88. The molecule has 0 bridgehead atoms. The molecule has 3 rings (SSSR count). The number of hydrogen-bond acceptors (Lipinski definition) is 3. The van der Waals surface area contributed by atoms with E-state index in [9.17, 15) is 9.59 Å². The average molecular weight is 344 g/mol. The zero-order valence-electron chi connectivity index (χ0n) is 15.4. The average Bonchev–Trinajstić information content (AvgIpc) is 3.03. The number of rotatable bonds is 4. The second-order valence-electron chi connectivity index (χ2n) is 7.77. The number of hydrogen-bond donors (Lipinski definition) is 1.